The van der Waals surface area contributed by atoms with Crippen LogP contribution in [0.2, 0.25) is 0 Å². The predicted octanol–water partition coefficient (Wildman–Crippen LogP) is 3.11. The number of carbonyl (C=O) groups excluding carboxylic acids is 1. The van der Waals surface area contributed by atoms with E-state index in [1.165, 1.54) is 6.07 Å². The summed E-state index contributed by atoms with van der Waals surface area (Å²) in [5.74, 6) is -1.34. The first-order chi connectivity index (χ1) is 10.1. The SMILES string of the molecule is O=C(CCc1ccccn1)Nc1c(Br)cccc1C(=O)O. The molecule has 2 aromatic rings. The Hall–Kier alpha value is -2.21. The molecule has 0 saturated heterocycles. The van der Waals surface area contributed by atoms with Gasteiger partial charge in [-0.25, -0.2) is 4.79 Å². The number of pyridine rings is 1. The van der Waals surface area contributed by atoms with Crippen molar-refractivity contribution >= 4 is 33.5 Å². The lowest BCUT2D eigenvalue weighted by Gasteiger charge is -2.10. The fourth-order valence-electron chi connectivity index (χ4n) is 1.82. The number of nitrogens with zero attached hydrogens (tertiary/aromatic N) is 1. The number of benzene rings is 1. The van der Waals surface area contributed by atoms with Gasteiger partial charge in [0.1, 0.15) is 0 Å². The van der Waals surface area contributed by atoms with Gasteiger partial charge >= 0.3 is 5.97 Å². The summed E-state index contributed by atoms with van der Waals surface area (Å²) in [6.07, 6.45) is 2.40. The number of anilines is 1. The first kappa shape index (κ1) is 15.2. The molecule has 6 heteroatoms. The van der Waals surface area contributed by atoms with Crippen LogP contribution in [0.4, 0.5) is 5.69 Å². The van der Waals surface area contributed by atoms with Gasteiger partial charge in [0, 0.05) is 22.8 Å². The summed E-state index contributed by atoms with van der Waals surface area (Å²) in [5.41, 5.74) is 1.14. The summed E-state index contributed by atoms with van der Waals surface area (Å²) in [7, 11) is 0. The molecule has 5 nitrogen and oxygen atoms in total. The molecular formula is C15H13BrN2O3. The molecule has 1 heterocycles. The highest BCUT2D eigenvalue weighted by atomic mass is 79.9. The van der Waals surface area contributed by atoms with Crippen molar-refractivity contribution in [3.63, 3.8) is 0 Å². The smallest absolute Gasteiger partial charge is 0.337 e. The second kappa shape index (κ2) is 6.99. The van der Waals surface area contributed by atoms with Gasteiger partial charge in [-0.3, -0.25) is 9.78 Å². The molecule has 2 N–H and O–H groups in total. The van der Waals surface area contributed by atoms with Crippen LogP contribution in [0, 0.1) is 0 Å². The molecule has 21 heavy (non-hydrogen) atoms. The molecule has 0 fully saturated rings. The van der Waals surface area contributed by atoms with Gasteiger partial charge in [0.2, 0.25) is 5.91 Å². The number of hydrogen-bond acceptors (Lipinski definition) is 3. The highest BCUT2D eigenvalue weighted by Gasteiger charge is 2.15. The highest BCUT2D eigenvalue weighted by Crippen LogP contribution is 2.26. The molecule has 1 amide bonds. The molecule has 1 aromatic carbocycles. The Morgan fingerprint density at radius 3 is 2.67 bits per heavy atom. The molecule has 108 valence electrons. The largest absolute Gasteiger partial charge is 0.478 e. The summed E-state index contributed by atoms with van der Waals surface area (Å²) >= 11 is 3.25. The van der Waals surface area contributed by atoms with E-state index in [-0.39, 0.29) is 23.6 Å². The quantitative estimate of drug-likeness (QED) is 0.869. The molecule has 0 bridgehead atoms. The second-order valence-corrected chi connectivity index (χ2v) is 5.19. The fraction of sp³-hybridized carbons (Fsp3) is 0.133. The molecule has 0 aliphatic heterocycles. The van der Waals surface area contributed by atoms with Crippen molar-refractivity contribution in [3.05, 3.63) is 58.3 Å². The van der Waals surface area contributed by atoms with Gasteiger partial charge in [0.25, 0.3) is 0 Å². The molecular weight excluding hydrogens is 336 g/mol. The molecule has 0 radical (unpaired) electrons. The van der Waals surface area contributed by atoms with Crippen LogP contribution in [-0.4, -0.2) is 22.0 Å². The van der Waals surface area contributed by atoms with Gasteiger partial charge in [-0.15, -0.1) is 0 Å². The van der Waals surface area contributed by atoms with Gasteiger partial charge in [-0.05, 0) is 46.6 Å². The molecule has 0 spiro atoms. The summed E-state index contributed by atoms with van der Waals surface area (Å²) in [6.45, 7) is 0. The Morgan fingerprint density at radius 2 is 2.00 bits per heavy atom. The summed E-state index contributed by atoms with van der Waals surface area (Å²) in [5, 5.41) is 11.8. The average molecular weight is 349 g/mol. The van der Waals surface area contributed by atoms with Gasteiger partial charge < -0.3 is 10.4 Å². The minimum atomic E-state index is -1.09. The Bertz CT molecular complexity index is 659. The van der Waals surface area contributed by atoms with E-state index >= 15 is 0 Å². The van der Waals surface area contributed by atoms with E-state index in [1.54, 1.807) is 18.3 Å². The zero-order valence-corrected chi connectivity index (χ0v) is 12.6. The van der Waals surface area contributed by atoms with Crippen molar-refractivity contribution in [1.29, 1.82) is 0 Å². The molecule has 0 saturated carbocycles. The van der Waals surface area contributed by atoms with Crippen molar-refractivity contribution < 1.29 is 14.7 Å². The van der Waals surface area contributed by atoms with Crippen LogP contribution < -0.4 is 5.32 Å². The van der Waals surface area contributed by atoms with Gasteiger partial charge in [-0.2, -0.15) is 0 Å². The number of rotatable bonds is 5. The zero-order chi connectivity index (χ0) is 15.2. The van der Waals surface area contributed by atoms with Gasteiger partial charge in [0.15, 0.2) is 0 Å². The van der Waals surface area contributed by atoms with E-state index < -0.39 is 5.97 Å². The lowest BCUT2D eigenvalue weighted by molar-refractivity contribution is -0.116. The van der Waals surface area contributed by atoms with Crippen molar-refractivity contribution in [1.82, 2.24) is 4.98 Å². The summed E-state index contributed by atoms with van der Waals surface area (Å²) < 4.78 is 0.536. The van der Waals surface area contributed by atoms with Gasteiger partial charge in [0.05, 0.1) is 11.3 Å². The minimum absolute atomic E-state index is 0.0514. The molecule has 0 atom stereocenters. The lowest BCUT2D eigenvalue weighted by atomic mass is 10.1. The third kappa shape index (κ3) is 4.13. The van der Waals surface area contributed by atoms with E-state index in [2.05, 4.69) is 26.2 Å². The monoisotopic (exact) mass is 348 g/mol. The number of aromatic carboxylic acids is 1. The van der Waals surface area contributed by atoms with Crippen LogP contribution in [0.5, 0.6) is 0 Å². The highest BCUT2D eigenvalue weighted by molar-refractivity contribution is 9.10. The third-order valence-electron chi connectivity index (χ3n) is 2.84. The Balaban J connectivity index is 2.05. The molecule has 0 aliphatic rings. The van der Waals surface area contributed by atoms with E-state index in [9.17, 15) is 9.59 Å². The first-order valence-corrected chi connectivity index (χ1v) is 7.09. The predicted molar refractivity (Wildman–Crippen MR) is 82.3 cm³/mol. The van der Waals surface area contributed by atoms with Crippen LogP contribution in [-0.2, 0) is 11.2 Å². The first-order valence-electron chi connectivity index (χ1n) is 6.29. The number of para-hydroxylation sites is 1. The Morgan fingerprint density at radius 1 is 1.19 bits per heavy atom. The molecule has 0 unspecified atom stereocenters. The topological polar surface area (TPSA) is 79.3 Å². The standard InChI is InChI=1S/C15H13BrN2O3/c16-12-6-3-5-11(15(20)21)14(12)18-13(19)8-7-10-4-1-2-9-17-10/h1-6,9H,7-8H2,(H,18,19)(H,20,21). The maximum absolute atomic E-state index is 12.0. The van der Waals surface area contributed by atoms with E-state index in [0.29, 0.717) is 10.9 Å². The number of carboxylic acids is 1. The van der Waals surface area contributed by atoms with Crippen LogP contribution >= 0.6 is 15.9 Å². The number of aryl methyl sites for hydroxylation is 1. The normalized spacial score (nSPS) is 10.1. The van der Waals surface area contributed by atoms with E-state index in [0.717, 1.165) is 5.69 Å². The summed E-state index contributed by atoms with van der Waals surface area (Å²) in [6, 6.07) is 10.2. The van der Waals surface area contributed by atoms with E-state index in [1.807, 2.05) is 18.2 Å². The number of amides is 1. The maximum atomic E-state index is 12.0. The third-order valence-corrected chi connectivity index (χ3v) is 3.50. The fourth-order valence-corrected chi connectivity index (χ4v) is 2.28. The van der Waals surface area contributed by atoms with Crippen molar-refractivity contribution in [3.8, 4) is 0 Å². The number of carbonyl (C=O) groups is 2. The minimum Gasteiger partial charge on any atom is -0.478 e. The molecule has 1 aromatic heterocycles. The van der Waals surface area contributed by atoms with Crippen LogP contribution in [0.3, 0.4) is 0 Å². The zero-order valence-electron chi connectivity index (χ0n) is 11.0. The second-order valence-electron chi connectivity index (χ2n) is 4.34. The number of aromatic nitrogens is 1. The van der Waals surface area contributed by atoms with Crippen LogP contribution in [0.25, 0.3) is 0 Å². The van der Waals surface area contributed by atoms with Crippen LogP contribution in [0.15, 0.2) is 47.1 Å². The average Bonchev–Trinajstić information content (AvgIpc) is 2.48. The van der Waals surface area contributed by atoms with Gasteiger partial charge in [-0.1, -0.05) is 12.1 Å². The van der Waals surface area contributed by atoms with Crippen molar-refractivity contribution in [2.75, 3.05) is 5.32 Å². The van der Waals surface area contributed by atoms with Crippen LogP contribution in [0.1, 0.15) is 22.5 Å². The number of nitrogens with one attached hydrogen (secondary N) is 1. The Kier molecular flexibility index (Phi) is 5.05. The lowest BCUT2D eigenvalue weighted by Crippen LogP contribution is -2.15. The van der Waals surface area contributed by atoms with Crippen molar-refractivity contribution in [2.45, 2.75) is 12.8 Å². The molecule has 0 aliphatic carbocycles. The Labute approximate surface area is 130 Å². The van der Waals surface area contributed by atoms with Crippen molar-refractivity contribution in [2.24, 2.45) is 0 Å². The maximum Gasteiger partial charge on any atom is 0.337 e. The number of hydrogen-bond donors (Lipinski definition) is 2. The van der Waals surface area contributed by atoms with E-state index in [4.69, 9.17) is 5.11 Å². The summed E-state index contributed by atoms with van der Waals surface area (Å²) in [4.78, 5) is 27.3. The molecule has 2 rings (SSSR count). The number of halogens is 1. The number of carboxylic acid groups (broad SMARTS) is 1.